The molecule has 0 aliphatic heterocycles. The molecule has 8 nitrogen and oxygen atoms in total. The summed E-state index contributed by atoms with van der Waals surface area (Å²) in [5.74, 6) is -3.49. The Balaban J connectivity index is 5.20. The first-order valence-electron chi connectivity index (χ1n) is 4.77. The molecule has 8 heteroatoms. The van der Waals surface area contributed by atoms with Gasteiger partial charge in [0, 0.05) is 7.11 Å². The third-order valence-electron chi connectivity index (χ3n) is 2.19. The summed E-state index contributed by atoms with van der Waals surface area (Å²) in [6, 6.07) is 0. The minimum absolute atomic E-state index is 1.04. The van der Waals surface area contributed by atoms with Crippen LogP contribution >= 0.6 is 0 Å². The Morgan fingerprint density at radius 2 is 1.71 bits per heavy atom. The normalized spacial score (nSPS) is 20.2. The summed E-state index contributed by atoms with van der Waals surface area (Å²) < 4.78 is 9.11. The van der Waals surface area contributed by atoms with Crippen LogP contribution in [0.5, 0.6) is 0 Å². The Morgan fingerprint density at radius 3 is 2.00 bits per heavy atom. The zero-order chi connectivity index (χ0) is 13.6. The van der Waals surface area contributed by atoms with Gasteiger partial charge >= 0.3 is 11.8 Å². The van der Waals surface area contributed by atoms with Crippen molar-refractivity contribution in [2.24, 2.45) is 0 Å². The maximum absolute atomic E-state index is 11.5. The van der Waals surface area contributed by atoms with E-state index in [9.17, 15) is 15.0 Å². The molecule has 0 radical (unpaired) electrons. The number of carbonyl (C=O) groups excluding carboxylic acids is 1. The van der Waals surface area contributed by atoms with Crippen LogP contribution in [0.25, 0.3) is 0 Å². The molecule has 0 rings (SSSR count). The molecule has 17 heavy (non-hydrogen) atoms. The van der Waals surface area contributed by atoms with Crippen LogP contribution in [0.4, 0.5) is 0 Å². The van der Waals surface area contributed by atoms with Crippen LogP contribution in [0, 0.1) is 0 Å². The lowest BCUT2D eigenvalue weighted by Gasteiger charge is -2.34. The Kier molecular flexibility index (Phi) is 6.53. The molecule has 0 saturated carbocycles. The Labute approximate surface area is 98.6 Å². The van der Waals surface area contributed by atoms with Crippen LogP contribution in [0.3, 0.4) is 0 Å². The van der Waals surface area contributed by atoms with Crippen LogP contribution in [-0.4, -0.2) is 66.7 Å². The molecule has 3 N–H and O–H groups in total. The third kappa shape index (κ3) is 3.35. The van der Waals surface area contributed by atoms with Gasteiger partial charge in [0.15, 0.2) is 6.10 Å². The highest BCUT2D eigenvalue weighted by molar-refractivity contribution is 5.78. The molecule has 4 atom stereocenters. The van der Waals surface area contributed by atoms with E-state index >= 15 is 0 Å². The molecular weight excluding hydrogens is 236 g/mol. The molecule has 0 aromatic heterocycles. The Hall–Kier alpha value is -0.770. The smallest absolute Gasteiger partial charge is 0.372 e. The zero-order valence-electron chi connectivity index (χ0n) is 10.1. The number of ether oxygens (including phenoxy) is 2. The highest BCUT2D eigenvalue weighted by Crippen LogP contribution is 2.23. The van der Waals surface area contributed by atoms with E-state index in [1.54, 1.807) is 0 Å². The fraction of sp³-hybridized carbons (Fsp3) is 0.889. The second-order valence-electron chi connectivity index (χ2n) is 3.29. The van der Waals surface area contributed by atoms with Gasteiger partial charge in [0.2, 0.25) is 0 Å². The van der Waals surface area contributed by atoms with Gasteiger partial charge in [-0.05, 0) is 6.92 Å². The molecule has 0 aromatic carbocycles. The van der Waals surface area contributed by atoms with Crippen molar-refractivity contribution in [2.45, 2.75) is 31.0 Å². The summed E-state index contributed by atoms with van der Waals surface area (Å²) in [6.45, 7) is 1.22. The quantitative estimate of drug-likeness (QED) is 0.211. The second-order valence-corrected chi connectivity index (χ2v) is 3.29. The van der Waals surface area contributed by atoms with Gasteiger partial charge in [-0.15, -0.1) is 0 Å². The van der Waals surface area contributed by atoms with E-state index in [2.05, 4.69) is 14.5 Å². The van der Waals surface area contributed by atoms with Gasteiger partial charge in [-0.3, -0.25) is 0 Å². The van der Waals surface area contributed by atoms with E-state index in [1.807, 2.05) is 0 Å². The van der Waals surface area contributed by atoms with E-state index in [0.29, 0.717) is 0 Å². The van der Waals surface area contributed by atoms with E-state index in [-0.39, 0.29) is 0 Å². The highest BCUT2D eigenvalue weighted by atomic mass is 17.2. The number of methoxy groups -OCH3 is 2. The van der Waals surface area contributed by atoms with Crippen molar-refractivity contribution >= 4 is 5.97 Å². The van der Waals surface area contributed by atoms with Crippen molar-refractivity contribution in [3.8, 4) is 0 Å². The lowest BCUT2D eigenvalue weighted by Crippen LogP contribution is -2.60. The van der Waals surface area contributed by atoms with E-state index < -0.39 is 30.1 Å². The minimum Gasteiger partial charge on any atom is -0.465 e. The predicted molar refractivity (Wildman–Crippen MR) is 53.5 cm³/mol. The van der Waals surface area contributed by atoms with Crippen molar-refractivity contribution in [1.82, 2.24) is 0 Å². The molecular formula is C9H18O8. The first-order chi connectivity index (χ1) is 7.87. The van der Waals surface area contributed by atoms with Crippen molar-refractivity contribution in [3.05, 3.63) is 0 Å². The fourth-order valence-corrected chi connectivity index (χ4v) is 1.20. The second kappa shape index (κ2) is 6.84. The first kappa shape index (κ1) is 16.2. The molecule has 0 spiro atoms. The van der Waals surface area contributed by atoms with Crippen LogP contribution in [0.2, 0.25) is 0 Å². The fourth-order valence-electron chi connectivity index (χ4n) is 1.20. The molecule has 0 unspecified atom stereocenters. The lowest BCUT2D eigenvalue weighted by atomic mass is 10.0. The SMILES string of the molecule is COO[C@](OC)(C(=O)OC)[C@@H](O)[C@H](O)[C@@H](C)O. The topological polar surface area (TPSA) is 115 Å². The van der Waals surface area contributed by atoms with E-state index in [4.69, 9.17) is 9.84 Å². The van der Waals surface area contributed by atoms with Gasteiger partial charge in [-0.1, -0.05) is 0 Å². The lowest BCUT2D eigenvalue weighted by molar-refractivity contribution is -0.425. The molecule has 0 aliphatic rings. The Bertz CT molecular complexity index is 243. The van der Waals surface area contributed by atoms with Crippen molar-refractivity contribution in [2.75, 3.05) is 21.3 Å². The number of esters is 1. The molecule has 0 heterocycles. The monoisotopic (exact) mass is 254 g/mol. The van der Waals surface area contributed by atoms with Crippen LogP contribution in [0.15, 0.2) is 0 Å². The average Bonchev–Trinajstić information content (AvgIpc) is 2.33. The number of hydrogen-bond donors (Lipinski definition) is 3. The summed E-state index contributed by atoms with van der Waals surface area (Å²) in [5.41, 5.74) is 0. The van der Waals surface area contributed by atoms with Gasteiger partial charge in [-0.25, -0.2) is 9.68 Å². The van der Waals surface area contributed by atoms with Crippen molar-refractivity contribution < 1.29 is 39.4 Å². The summed E-state index contributed by atoms with van der Waals surface area (Å²) in [5, 5.41) is 28.5. The van der Waals surface area contributed by atoms with Crippen LogP contribution in [0.1, 0.15) is 6.92 Å². The molecule has 0 fully saturated rings. The van der Waals surface area contributed by atoms with Crippen LogP contribution < -0.4 is 0 Å². The molecule has 0 aliphatic carbocycles. The van der Waals surface area contributed by atoms with Gasteiger partial charge in [-0.2, -0.15) is 4.89 Å². The predicted octanol–water partition coefficient (Wildman–Crippen LogP) is -1.82. The molecule has 0 aromatic rings. The number of carbonyl (C=O) groups is 1. The first-order valence-corrected chi connectivity index (χ1v) is 4.77. The molecule has 0 saturated heterocycles. The van der Waals surface area contributed by atoms with E-state index in [1.165, 1.54) is 6.92 Å². The summed E-state index contributed by atoms with van der Waals surface area (Å²) >= 11 is 0. The summed E-state index contributed by atoms with van der Waals surface area (Å²) in [6.07, 6.45) is -4.91. The molecule has 0 bridgehead atoms. The highest BCUT2D eigenvalue weighted by Gasteiger charge is 2.54. The molecule has 0 amide bonds. The average molecular weight is 254 g/mol. The van der Waals surface area contributed by atoms with Crippen LogP contribution in [-0.2, 0) is 24.0 Å². The van der Waals surface area contributed by atoms with Crippen molar-refractivity contribution in [3.63, 3.8) is 0 Å². The maximum atomic E-state index is 11.5. The number of aliphatic hydroxyl groups is 3. The van der Waals surface area contributed by atoms with Gasteiger partial charge in [0.05, 0.1) is 20.3 Å². The van der Waals surface area contributed by atoms with Gasteiger partial charge in [0.1, 0.15) is 6.10 Å². The maximum Gasteiger partial charge on any atom is 0.372 e. The van der Waals surface area contributed by atoms with Gasteiger partial charge in [0.25, 0.3) is 0 Å². The standard InChI is InChI=1S/C9H18O8/c1-5(10)6(11)7(12)9(15-3,17-16-4)8(13)14-2/h5-7,10-12H,1-4H3/t5-,6-,7+,9+/m1/s1. The summed E-state index contributed by atoms with van der Waals surface area (Å²) in [4.78, 5) is 20.4. The largest absolute Gasteiger partial charge is 0.465 e. The molecule has 102 valence electrons. The number of hydrogen-bond acceptors (Lipinski definition) is 8. The number of rotatable bonds is 7. The van der Waals surface area contributed by atoms with E-state index in [0.717, 1.165) is 21.3 Å². The van der Waals surface area contributed by atoms with Crippen molar-refractivity contribution in [1.29, 1.82) is 0 Å². The third-order valence-corrected chi connectivity index (χ3v) is 2.19. The minimum atomic E-state index is -2.38. The zero-order valence-corrected chi connectivity index (χ0v) is 10.1. The number of aliphatic hydroxyl groups excluding tert-OH is 3. The Morgan fingerprint density at radius 1 is 1.18 bits per heavy atom. The van der Waals surface area contributed by atoms with Gasteiger partial charge < -0.3 is 24.8 Å². The summed E-state index contributed by atoms with van der Waals surface area (Å²) in [7, 11) is 3.17.